The maximum atomic E-state index is 12.3. The normalized spacial score (nSPS) is 13.9. The van der Waals surface area contributed by atoms with E-state index in [4.69, 9.17) is 9.47 Å². The molecule has 0 unspecified atom stereocenters. The van der Waals surface area contributed by atoms with E-state index in [9.17, 15) is 4.79 Å². The molecule has 2 aromatic rings. The van der Waals surface area contributed by atoms with Crippen molar-refractivity contribution < 1.29 is 14.3 Å². The number of carbonyl (C=O) groups is 1. The van der Waals surface area contributed by atoms with Crippen molar-refractivity contribution in [1.82, 2.24) is 4.90 Å². The summed E-state index contributed by atoms with van der Waals surface area (Å²) in [7, 11) is 0. The van der Waals surface area contributed by atoms with Gasteiger partial charge in [0.15, 0.2) is 0 Å². The average molecular weight is 353 g/mol. The van der Waals surface area contributed by atoms with Gasteiger partial charge in [-0.2, -0.15) is 0 Å². The van der Waals surface area contributed by atoms with Gasteiger partial charge in [0.1, 0.15) is 18.0 Å². The Morgan fingerprint density at radius 2 is 1.81 bits per heavy atom. The largest absolute Gasteiger partial charge is 0.489 e. The maximum absolute atomic E-state index is 12.3. The van der Waals surface area contributed by atoms with Crippen LogP contribution >= 0.6 is 0 Å². The standard InChI is InChI=1S/C22H27NO3/c1-16-5-7-17(8-6-16)15-25-20-10-9-18-11-12-23(14-19(18)13-20)21(24)26-22(2,3)4/h5-10,13H,11-12,14-15H2,1-4H3. The maximum Gasteiger partial charge on any atom is 0.410 e. The summed E-state index contributed by atoms with van der Waals surface area (Å²) in [6.07, 6.45) is 0.585. The molecule has 3 rings (SSSR count). The first-order chi connectivity index (χ1) is 12.3. The fraction of sp³-hybridized carbons (Fsp3) is 0.409. The van der Waals surface area contributed by atoms with E-state index in [2.05, 4.69) is 37.3 Å². The summed E-state index contributed by atoms with van der Waals surface area (Å²) < 4.78 is 11.4. The molecular formula is C22H27NO3. The Kier molecular flexibility index (Phi) is 5.21. The molecular weight excluding hydrogens is 326 g/mol. The highest BCUT2D eigenvalue weighted by Gasteiger charge is 2.25. The molecule has 4 nitrogen and oxygen atoms in total. The quantitative estimate of drug-likeness (QED) is 0.790. The van der Waals surface area contributed by atoms with E-state index in [1.165, 1.54) is 11.1 Å². The molecule has 0 spiro atoms. The van der Waals surface area contributed by atoms with Crippen LogP contribution in [0.1, 0.15) is 43.0 Å². The van der Waals surface area contributed by atoms with Crippen LogP contribution in [0.3, 0.4) is 0 Å². The molecule has 0 aliphatic carbocycles. The van der Waals surface area contributed by atoms with Gasteiger partial charge in [-0.1, -0.05) is 35.9 Å². The van der Waals surface area contributed by atoms with Gasteiger partial charge in [-0.3, -0.25) is 0 Å². The summed E-state index contributed by atoms with van der Waals surface area (Å²) in [6, 6.07) is 14.5. The molecule has 0 atom stereocenters. The summed E-state index contributed by atoms with van der Waals surface area (Å²) in [5, 5.41) is 0. The summed E-state index contributed by atoms with van der Waals surface area (Å²) in [5.74, 6) is 0.829. The highest BCUT2D eigenvalue weighted by Crippen LogP contribution is 2.25. The van der Waals surface area contributed by atoms with Crippen molar-refractivity contribution in [1.29, 1.82) is 0 Å². The van der Waals surface area contributed by atoms with E-state index in [-0.39, 0.29) is 6.09 Å². The molecule has 0 radical (unpaired) electrons. The Morgan fingerprint density at radius 1 is 1.08 bits per heavy atom. The minimum Gasteiger partial charge on any atom is -0.489 e. The third kappa shape index (κ3) is 4.78. The van der Waals surface area contributed by atoms with Crippen LogP contribution < -0.4 is 4.74 Å². The molecule has 1 amide bonds. The molecule has 0 saturated heterocycles. The van der Waals surface area contributed by atoms with Crippen LogP contribution in [0, 0.1) is 6.92 Å². The fourth-order valence-corrected chi connectivity index (χ4v) is 2.96. The Labute approximate surface area is 155 Å². The van der Waals surface area contributed by atoms with Gasteiger partial charge in [-0.15, -0.1) is 0 Å². The molecule has 1 aliphatic rings. The Bertz CT molecular complexity index is 775. The molecule has 0 fully saturated rings. The second-order valence-corrected chi connectivity index (χ2v) is 7.86. The van der Waals surface area contributed by atoms with Gasteiger partial charge in [-0.05, 0) is 62.9 Å². The van der Waals surface area contributed by atoms with Crippen molar-refractivity contribution >= 4 is 6.09 Å². The second-order valence-electron chi connectivity index (χ2n) is 7.86. The van der Waals surface area contributed by atoms with Gasteiger partial charge >= 0.3 is 6.09 Å². The lowest BCUT2D eigenvalue weighted by molar-refractivity contribution is 0.0223. The number of ether oxygens (including phenoxy) is 2. The lowest BCUT2D eigenvalue weighted by atomic mass is 10.00. The first kappa shape index (κ1) is 18.3. The van der Waals surface area contributed by atoms with Crippen molar-refractivity contribution in [3.63, 3.8) is 0 Å². The number of rotatable bonds is 3. The van der Waals surface area contributed by atoms with Crippen LogP contribution in [0.25, 0.3) is 0 Å². The Morgan fingerprint density at radius 3 is 2.50 bits per heavy atom. The number of carbonyl (C=O) groups excluding carboxylic acids is 1. The topological polar surface area (TPSA) is 38.8 Å². The zero-order valence-electron chi connectivity index (χ0n) is 16.0. The zero-order chi connectivity index (χ0) is 18.7. The molecule has 26 heavy (non-hydrogen) atoms. The predicted octanol–water partition coefficient (Wildman–Crippen LogP) is 4.87. The lowest BCUT2D eigenvalue weighted by Gasteiger charge is -2.31. The number of fused-ring (bicyclic) bond motifs is 1. The van der Waals surface area contributed by atoms with Crippen LogP contribution in [-0.4, -0.2) is 23.1 Å². The van der Waals surface area contributed by atoms with Crippen molar-refractivity contribution in [2.75, 3.05) is 6.54 Å². The monoisotopic (exact) mass is 353 g/mol. The molecule has 0 bridgehead atoms. The van der Waals surface area contributed by atoms with E-state index < -0.39 is 5.60 Å². The second kappa shape index (κ2) is 7.40. The van der Waals surface area contributed by atoms with Crippen molar-refractivity contribution in [2.24, 2.45) is 0 Å². The predicted molar refractivity (Wildman–Crippen MR) is 102 cm³/mol. The lowest BCUT2D eigenvalue weighted by Crippen LogP contribution is -2.39. The minimum atomic E-state index is -0.476. The van der Waals surface area contributed by atoms with Crippen molar-refractivity contribution in [2.45, 2.75) is 52.9 Å². The van der Waals surface area contributed by atoms with Gasteiger partial charge in [-0.25, -0.2) is 4.79 Å². The first-order valence-electron chi connectivity index (χ1n) is 9.08. The van der Waals surface area contributed by atoms with Gasteiger partial charge in [0.25, 0.3) is 0 Å². The van der Waals surface area contributed by atoms with E-state index in [0.717, 1.165) is 23.3 Å². The van der Waals surface area contributed by atoms with Crippen LogP contribution in [-0.2, 0) is 24.3 Å². The van der Waals surface area contributed by atoms with E-state index in [1.54, 1.807) is 4.90 Å². The zero-order valence-corrected chi connectivity index (χ0v) is 16.0. The summed E-state index contributed by atoms with van der Waals surface area (Å²) in [4.78, 5) is 14.1. The third-order valence-electron chi connectivity index (χ3n) is 4.37. The highest BCUT2D eigenvalue weighted by atomic mass is 16.6. The highest BCUT2D eigenvalue weighted by molar-refractivity contribution is 5.68. The molecule has 4 heteroatoms. The van der Waals surface area contributed by atoms with Gasteiger partial charge in [0.2, 0.25) is 0 Å². The SMILES string of the molecule is Cc1ccc(COc2ccc3c(c2)CN(C(=O)OC(C)(C)C)CC3)cc1. The molecule has 1 heterocycles. The number of aryl methyl sites for hydroxylation is 1. The number of amides is 1. The summed E-state index contributed by atoms with van der Waals surface area (Å²) >= 11 is 0. The number of hydrogen-bond acceptors (Lipinski definition) is 3. The molecule has 138 valence electrons. The average Bonchev–Trinajstić information content (AvgIpc) is 2.59. The Hall–Kier alpha value is -2.49. The third-order valence-corrected chi connectivity index (χ3v) is 4.37. The minimum absolute atomic E-state index is 0.255. The molecule has 0 aromatic heterocycles. The smallest absolute Gasteiger partial charge is 0.410 e. The van der Waals surface area contributed by atoms with Gasteiger partial charge in [0, 0.05) is 13.1 Å². The van der Waals surface area contributed by atoms with E-state index in [0.29, 0.717) is 19.7 Å². The van der Waals surface area contributed by atoms with Crippen LogP contribution in [0.2, 0.25) is 0 Å². The van der Waals surface area contributed by atoms with Gasteiger partial charge in [0.05, 0.1) is 0 Å². The van der Waals surface area contributed by atoms with Crippen molar-refractivity contribution in [3.8, 4) is 5.75 Å². The number of hydrogen-bond donors (Lipinski definition) is 0. The number of nitrogens with zero attached hydrogens (tertiary/aromatic N) is 1. The fourth-order valence-electron chi connectivity index (χ4n) is 2.96. The first-order valence-corrected chi connectivity index (χ1v) is 9.08. The molecule has 2 aromatic carbocycles. The van der Waals surface area contributed by atoms with E-state index in [1.807, 2.05) is 32.9 Å². The van der Waals surface area contributed by atoms with Gasteiger partial charge < -0.3 is 14.4 Å². The Balaban J connectivity index is 1.65. The van der Waals surface area contributed by atoms with Crippen molar-refractivity contribution in [3.05, 3.63) is 64.7 Å². The van der Waals surface area contributed by atoms with E-state index >= 15 is 0 Å². The molecule has 1 aliphatic heterocycles. The van der Waals surface area contributed by atoms with Crippen LogP contribution in [0.5, 0.6) is 5.75 Å². The summed E-state index contributed by atoms with van der Waals surface area (Å²) in [6.45, 7) is 9.52. The molecule has 0 N–H and O–H groups in total. The number of benzene rings is 2. The van der Waals surface area contributed by atoms with Crippen LogP contribution in [0.4, 0.5) is 4.79 Å². The molecule has 0 saturated carbocycles. The van der Waals surface area contributed by atoms with Crippen LogP contribution in [0.15, 0.2) is 42.5 Å². The summed E-state index contributed by atoms with van der Waals surface area (Å²) in [5.41, 5.74) is 4.31.